The highest BCUT2D eigenvalue weighted by Crippen LogP contribution is 2.66. The number of aliphatic hydroxyl groups excluding tert-OH is 2. The summed E-state index contributed by atoms with van der Waals surface area (Å²) in [6.45, 7) is 4.00. The third kappa shape index (κ3) is 1.06. The van der Waals surface area contributed by atoms with E-state index in [1.165, 1.54) is 0 Å². The van der Waals surface area contributed by atoms with E-state index in [-0.39, 0.29) is 19.2 Å². The highest BCUT2D eigenvalue weighted by molar-refractivity contribution is 5.84. The number of carbonyl (C=O) groups excluding carboxylic acids is 1. The monoisotopic (exact) mass is 254 g/mol. The number of fused-ring (bicyclic) bond motifs is 3. The lowest BCUT2D eigenvalue weighted by Crippen LogP contribution is -2.52. The van der Waals surface area contributed by atoms with Gasteiger partial charge in [0, 0.05) is 19.4 Å². The fraction of sp³-hybridized carbons (Fsp3) is 0.769. The minimum absolute atomic E-state index is 0.0517. The van der Waals surface area contributed by atoms with Gasteiger partial charge in [-0.25, -0.2) is 0 Å². The Labute approximate surface area is 105 Å². The second-order valence-electron chi connectivity index (χ2n) is 5.86. The van der Waals surface area contributed by atoms with Crippen LogP contribution in [0.4, 0.5) is 0 Å². The van der Waals surface area contributed by atoms with Crippen LogP contribution in [0.3, 0.4) is 0 Å². The second-order valence-corrected chi connectivity index (χ2v) is 5.86. The van der Waals surface area contributed by atoms with E-state index in [0.717, 1.165) is 5.57 Å². The lowest BCUT2D eigenvalue weighted by atomic mass is 9.62. The summed E-state index contributed by atoms with van der Waals surface area (Å²) in [6, 6.07) is 0. The quantitative estimate of drug-likeness (QED) is 0.549. The largest absolute Gasteiger partial charge is 0.464 e. The summed E-state index contributed by atoms with van der Waals surface area (Å²) in [4.78, 5) is 12.0. The van der Waals surface area contributed by atoms with Crippen molar-refractivity contribution in [1.29, 1.82) is 0 Å². The Hall–Kier alpha value is -0.910. The molecule has 0 radical (unpaired) electrons. The zero-order valence-corrected chi connectivity index (χ0v) is 10.6. The summed E-state index contributed by atoms with van der Waals surface area (Å²) in [5.41, 5.74) is -1.14. The summed E-state index contributed by atoms with van der Waals surface area (Å²) in [6.07, 6.45) is 1.80. The van der Waals surface area contributed by atoms with E-state index in [1.54, 1.807) is 0 Å². The highest BCUT2D eigenvalue weighted by atomic mass is 16.6. The standard InChI is InChI=1S/C13H18O5/c1-11-6-8-5-9(15)18-13(8,3-4-14)12(11,2)7-17-10(11)16/h6,9,14-15H,3-5,7H2,1-2H3/t9?,11-,12+,13+/m0/s1. The normalized spacial score (nSPS) is 49.9. The van der Waals surface area contributed by atoms with E-state index >= 15 is 0 Å². The first kappa shape index (κ1) is 12.1. The molecular formula is C13H18O5. The minimum atomic E-state index is -0.861. The third-order valence-electron chi connectivity index (χ3n) is 5.13. The predicted molar refractivity (Wildman–Crippen MR) is 61.4 cm³/mol. The Morgan fingerprint density at radius 1 is 1.50 bits per heavy atom. The van der Waals surface area contributed by atoms with Gasteiger partial charge in [0.15, 0.2) is 6.29 Å². The first-order valence-electron chi connectivity index (χ1n) is 6.26. The Morgan fingerprint density at radius 2 is 2.22 bits per heavy atom. The summed E-state index contributed by atoms with van der Waals surface area (Å²) in [7, 11) is 0. The SMILES string of the molecule is C[C@@]12COC(=O)[C@]1(C)C=C1CC(O)O[C@]12CCO. The molecule has 18 heavy (non-hydrogen) atoms. The molecule has 0 saturated carbocycles. The third-order valence-corrected chi connectivity index (χ3v) is 5.13. The average Bonchev–Trinajstić information content (AvgIpc) is 2.78. The van der Waals surface area contributed by atoms with E-state index < -0.39 is 22.7 Å². The van der Waals surface area contributed by atoms with Crippen molar-refractivity contribution in [3.63, 3.8) is 0 Å². The fourth-order valence-electron chi connectivity index (χ4n) is 3.85. The molecule has 3 aliphatic rings. The number of hydrogen-bond donors (Lipinski definition) is 2. The topological polar surface area (TPSA) is 76.0 Å². The van der Waals surface area contributed by atoms with Crippen molar-refractivity contribution in [3.8, 4) is 0 Å². The van der Waals surface area contributed by atoms with Crippen LogP contribution in [0.2, 0.25) is 0 Å². The van der Waals surface area contributed by atoms with Crippen LogP contribution in [-0.2, 0) is 14.3 Å². The lowest BCUT2D eigenvalue weighted by Gasteiger charge is -2.43. The summed E-state index contributed by atoms with van der Waals surface area (Å²) in [5, 5.41) is 19.1. The van der Waals surface area contributed by atoms with Crippen LogP contribution in [-0.4, -0.2) is 41.3 Å². The van der Waals surface area contributed by atoms with Gasteiger partial charge in [-0.3, -0.25) is 4.79 Å². The predicted octanol–water partition coefficient (Wildman–Crippen LogP) is 0.356. The molecule has 2 heterocycles. The van der Waals surface area contributed by atoms with Gasteiger partial charge < -0.3 is 19.7 Å². The van der Waals surface area contributed by atoms with Crippen molar-refractivity contribution in [2.24, 2.45) is 10.8 Å². The van der Waals surface area contributed by atoms with E-state index in [1.807, 2.05) is 19.9 Å². The Morgan fingerprint density at radius 3 is 2.89 bits per heavy atom. The summed E-state index contributed by atoms with van der Waals surface area (Å²) in [5.74, 6) is -0.248. The van der Waals surface area contributed by atoms with Crippen LogP contribution in [0.15, 0.2) is 11.6 Å². The molecule has 5 nitrogen and oxygen atoms in total. The molecule has 1 aliphatic carbocycles. The van der Waals surface area contributed by atoms with Gasteiger partial charge >= 0.3 is 5.97 Å². The fourth-order valence-corrected chi connectivity index (χ4v) is 3.85. The summed E-state index contributed by atoms with van der Waals surface area (Å²) < 4.78 is 11.0. The molecule has 100 valence electrons. The molecule has 2 saturated heterocycles. The van der Waals surface area contributed by atoms with Crippen LogP contribution in [0.1, 0.15) is 26.7 Å². The van der Waals surface area contributed by atoms with Crippen LogP contribution >= 0.6 is 0 Å². The molecule has 0 bridgehead atoms. The van der Waals surface area contributed by atoms with Crippen molar-refractivity contribution in [2.45, 2.75) is 38.6 Å². The van der Waals surface area contributed by atoms with Crippen LogP contribution in [0.5, 0.6) is 0 Å². The Bertz CT molecular complexity index is 445. The van der Waals surface area contributed by atoms with Crippen molar-refractivity contribution < 1.29 is 24.5 Å². The van der Waals surface area contributed by atoms with Crippen molar-refractivity contribution in [3.05, 3.63) is 11.6 Å². The zero-order chi connectivity index (χ0) is 13.2. The molecule has 1 unspecified atom stereocenters. The number of aliphatic hydroxyl groups is 2. The number of carbonyl (C=O) groups is 1. The molecule has 4 atom stereocenters. The number of ether oxygens (including phenoxy) is 2. The van der Waals surface area contributed by atoms with Gasteiger partial charge in [-0.2, -0.15) is 0 Å². The van der Waals surface area contributed by atoms with Crippen LogP contribution < -0.4 is 0 Å². The molecule has 0 aromatic rings. The molecule has 2 aliphatic heterocycles. The van der Waals surface area contributed by atoms with Gasteiger partial charge in [0.05, 0.1) is 10.8 Å². The molecule has 3 rings (SSSR count). The maximum Gasteiger partial charge on any atom is 0.316 e. The van der Waals surface area contributed by atoms with E-state index in [2.05, 4.69) is 0 Å². The smallest absolute Gasteiger partial charge is 0.316 e. The van der Waals surface area contributed by atoms with E-state index in [4.69, 9.17) is 9.47 Å². The second kappa shape index (κ2) is 3.35. The molecule has 2 N–H and O–H groups in total. The molecule has 0 spiro atoms. The molecule has 0 amide bonds. The van der Waals surface area contributed by atoms with Gasteiger partial charge in [0.1, 0.15) is 12.2 Å². The molecular weight excluding hydrogens is 236 g/mol. The van der Waals surface area contributed by atoms with Gasteiger partial charge in [-0.15, -0.1) is 0 Å². The molecule has 2 fully saturated rings. The first-order chi connectivity index (χ1) is 8.39. The first-order valence-corrected chi connectivity index (χ1v) is 6.26. The van der Waals surface area contributed by atoms with Gasteiger partial charge in [-0.1, -0.05) is 13.0 Å². The Balaban J connectivity index is 2.15. The van der Waals surface area contributed by atoms with Gasteiger partial charge in [0.2, 0.25) is 0 Å². The van der Waals surface area contributed by atoms with Gasteiger partial charge in [-0.05, 0) is 12.5 Å². The van der Waals surface area contributed by atoms with Crippen molar-refractivity contribution in [2.75, 3.05) is 13.2 Å². The van der Waals surface area contributed by atoms with E-state index in [9.17, 15) is 15.0 Å². The van der Waals surface area contributed by atoms with Gasteiger partial charge in [0.25, 0.3) is 0 Å². The molecule has 0 aromatic heterocycles. The highest BCUT2D eigenvalue weighted by Gasteiger charge is 2.73. The summed E-state index contributed by atoms with van der Waals surface area (Å²) >= 11 is 0. The molecule has 0 aromatic carbocycles. The lowest BCUT2D eigenvalue weighted by molar-refractivity contribution is -0.189. The van der Waals surface area contributed by atoms with E-state index in [0.29, 0.717) is 12.8 Å². The average molecular weight is 254 g/mol. The molecule has 5 heteroatoms. The minimum Gasteiger partial charge on any atom is -0.464 e. The number of cyclic esters (lactones) is 1. The van der Waals surface area contributed by atoms with Crippen LogP contribution in [0.25, 0.3) is 0 Å². The number of hydrogen-bond acceptors (Lipinski definition) is 5. The van der Waals surface area contributed by atoms with Crippen molar-refractivity contribution in [1.82, 2.24) is 0 Å². The zero-order valence-electron chi connectivity index (χ0n) is 10.6. The number of esters is 1. The maximum atomic E-state index is 12.0. The number of rotatable bonds is 2. The van der Waals surface area contributed by atoms with Crippen LogP contribution in [0, 0.1) is 10.8 Å². The maximum absolute atomic E-state index is 12.0. The Kier molecular flexibility index (Phi) is 2.26. The van der Waals surface area contributed by atoms with Crippen molar-refractivity contribution >= 4 is 5.97 Å².